The minimum atomic E-state index is 0.113. The van der Waals surface area contributed by atoms with Crippen LogP contribution in [0.5, 0.6) is 0 Å². The van der Waals surface area contributed by atoms with Crippen LogP contribution < -0.4 is 11.3 Å². The van der Waals surface area contributed by atoms with Gasteiger partial charge in [0.15, 0.2) is 0 Å². The largest absolute Gasteiger partial charge is 0.378 e. The molecule has 3 atom stereocenters. The van der Waals surface area contributed by atoms with Crippen LogP contribution in [0.2, 0.25) is 5.02 Å². The molecule has 0 radical (unpaired) electrons. The number of nitrogens with two attached hydrogens (primary N) is 1. The highest BCUT2D eigenvalue weighted by atomic mass is 35.5. The molecule has 0 saturated carbocycles. The standard InChI is InChI=1S/C10H15ClN2OS/c1-6-4-7(5-14-6)9(13-12)10-8(11)2-3-15-10/h2-3,6-7,9,13H,4-5,12H2,1H3. The Kier molecular flexibility index (Phi) is 3.64. The predicted molar refractivity (Wildman–Crippen MR) is 62.9 cm³/mol. The van der Waals surface area contributed by atoms with Gasteiger partial charge in [-0.2, -0.15) is 0 Å². The maximum Gasteiger partial charge on any atom is 0.0619 e. The molecular formula is C10H15ClN2OS. The molecule has 0 aromatic carbocycles. The third-order valence-electron chi connectivity index (χ3n) is 2.81. The molecule has 15 heavy (non-hydrogen) atoms. The van der Waals surface area contributed by atoms with Crippen molar-refractivity contribution < 1.29 is 4.74 Å². The van der Waals surface area contributed by atoms with Crippen molar-refractivity contribution in [2.24, 2.45) is 11.8 Å². The number of halogens is 1. The minimum Gasteiger partial charge on any atom is -0.378 e. The van der Waals surface area contributed by atoms with Crippen molar-refractivity contribution in [3.8, 4) is 0 Å². The average molecular weight is 247 g/mol. The maximum atomic E-state index is 6.10. The zero-order chi connectivity index (χ0) is 10.8. The quantitative estimate of drug-likeness (QED) is 0.636. The Labute approximate surface area is 98.5 Å². The SMILES string of the molecule is CC1CC(C(NN)c2sccc2Cl)CO1. The zero-order valence-corrected chi connectivity index (χ0v) is 10.1. The molecule has 1 saturated heterocycles. The molecule has 3 nitrogen and oxygen atoms in total. The fourth-order valence-electron chi connectivity index (χ4n) is 2.04. The van der Waals surface area contributed by atoms with Crippen LogP contribution in [0, 0.1) is 5.92 Å². The van der Waals surface area contributed by atoms with Gasteiger partial charge >= 0.3 is 0 Å². The van der Waals surface area contributed by atoms with Gasteiger partial charge in [0.25, 0.3) is 0 Å². The lowest BCUT2D eigenvalue weighted by Gasteiger charge is -2.20. The van der Waals surface area contributed by atoms with E-state index in [9.17, 15) is 0 Å². The molecule has 3 unspecified atom stereocenters. The van der Waals surface area contributed by atoms with Crippen molar-refractivity contribution in [1.29, 1.82) is 0 Å². The highest BCUT2D eigenvalue weighted by molar-refractivity contribution is 7.10. The van der Waals surface area contributed by atoms with E-state index in [1.54, 1.807) is 11.3 Å². The number of hydrogen-bond acceptors (Lipinski definition) is 4. The van der Waals surface area contributed by atoms with Crippen LogP contribution in [0.1, 0.15) is 24.3 Å². The summed E-state index contributed by atoms with van der Waals surface area (Å²) >= 11 is 7.74. The average Bonchev–Trinajstić information content (AvgIpc) is 2.79. The predicted octanol–water partition coefficient (Wildman–Crippen LogP) is 2.33. The lowest BCUT2D eigenvalue weighted by molar-refractivity contribution is 0.117. The molecule has 0 spiro atoms. The van der Waals surface area contributed by atoms with Crippen molar-refractivity contribution in [3.63, 3.8) is 0 Å². The summed E-state index contributed by atoms with van der Waals surface area (Å²) in [5, 5.41) is 2.78. The van der Waals surface area contributed by atoms with Crippen LogP contribution >= 0.6 is 22.9 Å². The van der Waals surface area contributed by atoms with E-state index in [0.717, 1.165) is 22.9 Å². The molecule has 0 aliphatic carbocycles. The fourth-order valence-corrected chi connectivity index (χ4v) is 3.36. The molecule has 0 bridgehead atoms. The molecule has 3 N–H and O–H groups in total. The summed E-state index contributed by atoms with van der Waals surface area (Å²) in [4.78, 5) is 1.11. The Hall–Kier alpha value is -0.130. The molecular weight excluding hydrogens is 232 g/mol. The van der Waals surface area contributed by atoms with Gasteiger partial charge in [-0.05, 0) is 24.8 Å². The van der Waals surface area contributed by atoms with Gasteiger partial charge in [0.2, 0.25) is 0 Å². The van der Waals surface area contributed by atoms with Crippen LogP contribution in [-0.2, 0) is 4.74 Å². The van der Waals surface area contributed by atoms with Crippen molar-refractivity contribution in [2.45, 2.75) is 25.5 Å². The highest BCUT2D eigenvalue weighted by Gasteiger charge is 2.31. The lowest BCUT2D eigenvalue weighted by atomic mass is 9.96. The van der Waals surface area contributed by atoms with Gasteiger partial charge in [-0.25, -0.2) is 0 Å². The fraction of sp³-hybridized carbons (Fsp3) is 0.600. The van der Waals surface area contributed by atoms with E-state index in [4.69, 9.17) is 22.2 Å². The molecule has 2 heterocycles. The van der Waals surface area contributed by atoms with E-state index in [1.807, 2.05) is 11.4 Å². The smallest absolute Gasteiger partial charge is 0.0619 e. The summed E-state index contributed by atoms with van der Waals surface area (Å²) < 4.78 is 5.55. The monoisotopic (exact) mass is 246 g/mol. The molecule has 1 aromatic rings. The van der Waals surface area contributed by atoms with Crippen LogP contribution in [0.15, 0.2) is 11.4 Å². The molecule has 2 rings (SSSR count). The van der Waals surface area contributed by atoms with E-state index >= 15 is 0 Å². The summed E-state index contributed by atoms with van der Waals surface area (Å²) in [5.41, 5.74) is 2.85. The van der Waals surface area contributed by atoms with E-state index < -0.39 is 0 Å². The van der Waals surface area contributed by atoms with Gasteiger partial charge in [0, 0.05) is 10.8 Å². The van der Waals surface area contributed by atoms with Gasteiger partial charge in [-0.1, -0.05) is 11.6 Å². The van der Waals surface area contributed by atoms with E-state index in [-0.39, 0.29) is 6.04 Å². The number of rotatable bonds is 3. The van der Waals surface area contributed by atoms with Crippen molar-refractivity contribution in [3.05, 3.63) is 21.3 Å². The summed E-state index contributed by atoms with van der Waals surface area (Å²) in [6, 6.07) is 2.02. The molecule has 1 aliphatic heterocycles. The van der Waals surface area contributed by atoms with Gasteiger partial charge in [0.1, 0.15) is 0 Å². The van der Waals surface area contributed by atoms with E-state index in [0.29, 0.717) is 12.0 Å². The topological polar surface area (TPSA) is 47.3 Å². The van der Waals surface area contributed by atoms with E-state index in [1.165, 1.54) is 0 Å². The van der Waals surface area contributed by atoms with Crippen molar-refractivity contribution >= 4 is 22.9 Å². The molecule has 0 amide bonds. The summed E-state index contributed by atoms with van der Waals surface area (Å²) in [5.74, 6) is 6.02. The third-order valence-corrected chi connectivity index (χ3v) is 4.25. The second-order valence-corrected chi connectivity index (χ2v) is 5.27. The Balaban J connectivity index is 2.14. The van der Waals surface area contributed by atoms with Crippen LogP contribution in [0.4, 0.5) is 0 Å². The number of nitrogens with one attached hydrogen (secondary N) is 1. The van der Waals surface area contributed by atoms with Gasteiger partial charge in [-0.3, -0.25) is 11.3 Å². The number of hydrazine groups is 1. The van der Waals surface area contributed by atoms with Crippen molar-refractivity contribution in [1.82, 2.24) is 5.43 Å². The first-order valence-electron chi connectivity index (χ1n) is 5.03. The highest BCUT2D eigenvalue weighted by Crippen LogP contribution is 2.37. The molecule has 1 aliphatic rings. The number of ether oxygens (including phenoxy) is 1. The number of hydrogen-bond donors (Lipinski definition) is 2. The van der Waals surface area contributed by atoms with Gasteiger partial charge in [-0.15, -0.1) is 11.3 Å². The first-order chi connectivity index (χ1) is 7.22. The second-order valence-electron chi connectivity index (χ2n) is 3.92. The minimum absolute atomic E-state index is 0.113. The third kappa shape index (κ3) is 2.34. The Morgan fingerprint density at radius 2 is 2.53 bits per heavy atom. The first-order valence-corrected chi connectivity index (χ1v) is 6.28. The second kappa shape index (κ2) is 4.80. The number of thiophene rings is 1. The van der Waals surface area contributed by atoms with Crippen LogP contribution in [0.25, 0.3) is 0 Å². The molecule has 1 fully saturated rings. The zero-order valence-electron chi connectivity index (χ0n) is 8.57. The molecule has 1 aromatic heterocycles. The molecule has 5 heteroatoms. The Morgan fingerprint density at radius 3 is 3.00 bits per heavy atom. The van der Waals surface area contributed by atoms with Crippen LogP contribution in [0.3, 0.4) is 0 Å². The van der Waals surface area contributed by atoms with Gasteiger partial charge in [0.05, 0.1) is 23.8 Å². The lowest BCUT2D eigenvalue weighted by Crippen LogP contribution is -2.33. The van der Waals surface area contributed by atoms with E-state index in [2.05, 4.69) is 12.3 Å². The Bertz CT molecular complexity index is 331. The first kappa shape index (κ1) is 11.4. The Morgan fingerprint density at radius 1 is 1.73 bits per heavy atom. The summed E-state index contributed by atoms with van der Waals surface area (Å²) in [6.45, 7) is 2.84. The van der Waals surface area contributed by atoms with Gasteiger partial charge < -0.3 is 4.74 Å². The summed E-state index contributed by atoms with van der Waals surface area (Å²) in [6.07, 6.45) is 1.35. The summed E-state index contributed by atoms with van der Waals surface area (Å²) in [7, 11) is 0. The van der Waals surface area contributed by atoms with Crippen LogP contribution in [-0.4, -0.2) is 12.7 Å². The molecule has 84 valence electrons. The maximum absolute atomic E-state index is 6.10. The normalized spacial score (nSPS) is 28.2. The van der Waals surface area contributed by atoms with Crippen molar-refractivity contribution in [2.75, 3.05) is 6.61 Å².